The van der Waals surface area contributed by atoms with Gasteiger partial charge in [0.05, 0.1) is 0 Å². The van der Waals surface area contributed by atoms with Crippen molar-refractivity contribution in [3.8, 4) is 0 Å². The molecule has 0 rings (SSSR count). The van der Waals surface area contributed by atoms with Crippen LogP contribution in [-0.4, -0.2) is 70.9 Å². The zero-order chi connectivity index (χ0) is 4.00. The molecule has 0 aliphatic heterocycles. The molecule has 0 atom stereocenters. The van der Waals surface area contributed by atoms with E-state index in [1.54, 1.807) is 0 Å². The first-order valence-electron chi connectivity index (χ1n) is 0.408. The fraction of sp³-hybridized carbons (Fsp3) is 0. The van der Waals surface area contributed by atoms with E-state index in [1.165, 1.54) is 0 Å². The van der Waals surface area contributed by atoms with Gasteiger partial charge in [-0.3, -0.25) is 0 Å². The third-order valence-corrected chi connectivity index (χ3v) is 0. The van der Waals surface area contributed by atoms with E-state index in [1.807, 2.05) is 0 Å². The summed E-state index contributed by atoms with van der Waals surface area (Å²) in [7, 11) is 0. The summed E-state index contributed by atoms with van der Waals surface area (Å²) < 4.78 is 16.7. The molecule has 23 valence electrons. The molecule has 0 saturated heterocycles. The molecular formula is InO2Sn2. The summed E-state index contributed by atoms with van der Waals surface area (Å²) in [6, 6.07) is 0. The molecule has 0 bridgehead atoms. The van der Waals surface area contributed by atoms with Crippen LogP contribution in [-0.2, 0) is 6.15 Å². The van der Waals surface area contributed by atoms with Crippen molar-refractivity contribution in [2.75, 3.05) is 0 Å². The van der Waals surface area contributed by atoms with Crippen LogP contribution in [0.2, 0.25) is 0 Å². The van der Waals surface area contributed by atoms with Gasteiger partial charge < -0.3 is 0 Å². The van der Waals surface area contributed by atoms with Crippen LogP contribution >= 0.6 is 0 Å². The summed E-state index contributed by atoms with van der Waals surface area (Å²) in [6.45, 7) is 0. The summed E-state index contributed by atoms with van der Waals surface area (Å²) >= 11 is 0.600. The number of rotatable bonds is 0. The minimum absolute atomic E-state index is 0. The van der Waals surface area contributed by atoms with E-state index < -0.39 is 0 Å². The van der Waals surface area contributed by atoms with Gasteiger partial charge in [0.25, 0.3) is 0 Å². The Labute approximate surface area is 75.8 Å². The van der Waals surface area contributed by atoms with Crippen LogP contribution in [0.5, 0.6) is 0 Å². The standard InChI is InChI=1S/In.2O.2Sn. The van der Waals surface area contributed by atoms with E-state index in [0.717, 1.165) is 0 Å². The average molecular weight is 384 g/mol. The topological polar surface area (TPSA) is 34.1 Å². The minimum atomic E-state index is 0. The molecule has 0 aliphatic rings. The summed E-state index contributed by atoms with van der Waals surface area (Å²) in [5.41, 5.74) is 0. The van der Waals surface area contributed by atoms with E-state index in [4.69, 9.17) is 6.15 Å². The van der Waals surface area contributed by atoms with Gasteiger partial charge in [0.1, 0.15) is 0 Å². The molecular weight excluding hydrogens is 384 g/mol. The second-order valence-electron chi connectivity index (χ2n) is 0. The Bertz CT molecular complexity index is 9.61. The second kappa shape index (κ2) is 36.5. The van der Waals surface area contributed by atoms with Gasteiger partial charge >= 0.3 is 51.2 Å². The van der Waals surface area contributed by atoms with Gasteiger partial charge in [-0.2, -0.15) is 0 Å². The first kappa shape index (κ1) is 15.7. The Kier molecular flexibility index (Phi) is 115. The van der Waals surface area contributed by atoms with E-state index in [9.17, 15) is 0 Å². The molecule has 0 spiro atoms. The molecule has 0 amide bonds. The summed E-state index contributed by atoms with van der Waals surface area (Å²) in [4.78, 5) is 0. The fourth-order valence-electron chi connectivity index (χ4n) is 0. The molecule has 0 aliphatic carbocycles. The first-order valence-corrected chi connectivity index (χ1v) is 2.74. The van der Waals surface area contributed by atoms with Gasteiger partial charge in [-0.25, -0.2) is 0 Å². The molecule has 0 aromatic carbocycles. The van der Waals surface area contributed by atoms with Crippen LogP contribution in [0.4, 0.5) is 0 Å². The van der Waals surface area contributed by atoms with Crippen molar-refractivity contribution in [2.24, 2.45) is 0 Å². The van der Waals surface area contributed by atoms with Crippen LogP contribution in [0.15, 0.2) is 0 Å². The molecule has 5 heavy (non-hydrogen) atoms. The van der Waals surface area contributed by atoms with Crippen molar-refractivity contribution < 1.29 is 6.15 Å². The van der Waals surface area contributed by atoms with Gasteiger partial charge in [0.15, 0.2) is 0 Å². The van der Waals surface area contributed by atoms with Gasteiger partial charge in [-0.05, 0) is 0 Å². The third kappa shape index (κ3) is 23.5. The zero-order valence-corrected chi connectivity index (χ0v) is 11.4. The van der Waals surface area contributed by atoms with Crippen LogP contribution in [0.3, 0.4) is 0 Å². The molecule has 0 heterocycles. The van der Waals surface area contributed by atoms with Gasteiger partial charge in [0.2, 0.25) is 0 Å². The Morgan fingerprint density at radius 2 is 0.800 bits per heavy atom. The molecule has 0 aromatic rings. The van der Waals surface area contributed by atoms with Crippen LogP contribution in [0.25, 0.3) is 0 Å². The molecule has 2 nitrogen and oxygen atoms in total. The predicted octanol–water partition coefficient (Wildman–Crippen LogP) is -1.38. The van der Waals surface area contributed by atoms with E-state index in [0.29, 0.717) is 45.0 Å². The van der Waals surface area contributed by atoms with Crippen molar-refractivity contribution >= 4 is 70.9 Å². The molecule has 0 fully saturated rings. The Morgan fingerprint density at radius 3 is 0.800 bits per heavy atom. The maximum absolute atomic E-state index is 8.34. The molecule has 5 heteroatoms. The number of hydrogen-bond donors (Lipinski definition) is 0. The van der Waals surface area contributed by atoms with Crippen molar-refractivity contribution in [1.29, 1.82) is 0 Å². The van der Waals surface area contributed by atoms with Crippen LogP contribution in [0, 0.1) is 0 Å². The third-order valence-electron chi connectivity index (χ3n) is 0. The maximum atomic E-state index is 8.34. The van der Waals surface area contributed by atoms with Gasteiger partial charge in [0, 0.05) is 25.8 Å². The normalized spacial score (nSPS) is 1.60. The Balaban J connectivity index is -0.0000000133. The Morgan fingerprint density at radius 1 is 0.800 bits per heavy atom. The zero-order valence-electron chi connectivity index (χ0n) is 2.39. The first-order chi connectivity index (χ1) is 2.00. The molecule has 0 unspecified atom stereocenters. The van der Waals surface area contributed by atoms with Crippen molar-refractivity contribution in [3.63, 3.8) is 0 Å². The molecule has 0 saturated carbocycles. The quantitative estimate of drug-likeness (QED) is 0.483. The second-order valence-corrected chi connectivity index (χ2v) is 0. The summed E-state index contributed by atoms with van der Waals surface area (Å²) in [6.07, 6.45) is 0. The summed E-state index contributed by atoms with van der Waals surface area (Å²) in [5.74, 6) is 0. The van der Waals surface area contributed by atoms with Crippen LogP contribution < -0.4 is 0 Å². The molecule has 0 aromatic heterocycles. The van der Waals surface area contributed by atoms with E-state index in [2.05, 4.69) is 0 Å². The monoisotopic (exact) mass is 387 g/mol. The SMILES string of the molecule is [In].[O]=[Sn].[O]=[Sn]. The summed E-state index contributed by atoms with van der Waals surface area (Å²) in [5, 5.41) is 0. The number of hydrogen-bond acceptors (Lipinski definition) is 2. The van der Waals surface area contributed by atoms with Crippen molar-refractivity contribution in [3.05, 3.63) is 0 Å². The van der Waals surface area contributed by atoms with Gasteiger partial charge in [-0.1, -0.05) is 0 Å². The molecule has 7 radical (unpaired) electrons. The van der Waals surface area contributed by atoms with Crippen molar-refractivity contribution in [2.45, 2.75) is 0 Å². The predicted molar refractivity (Wildman–Crippen MR) is 18.6 cm³/mol. The van der Waals surface area contributed by atoms with E-state index >= 15 is 0 Å². The van der Waals surface area contributed by atoms with E-state index in [-0.39, 0.29) is 25.8 Å². The average Bonchev–Trinajstić information content (AvgIpc) is 1.50. The Hall–Kier alpha value is 2.07. The van der Waals surface area contributed by atoms with Crippen molar-refractivity contribution in [1.82, 2.24) is 0 Å². The van der Waals surface area contributed by atoms with Gasteiger partial charge in [-0.15, -0.1) is 0 Å². The van der Waals surface area contributed by atoms with Crippen LogP contribution in [0.1, 0.15) is 0 Å². The molecule has 0 N–H and O–H groups in total. The fourth-order valence-corrected chi connectivity index (χ4v) is 0.